The summed E-state index contributed by atoms with van der Waals surface area (Å²) in [5, 5.41) is 9.11. The summed E-state index contributed by atoms with van der Waals surface area (Å²) in [7, 11) is 0. The van der Waals surface area contributed by atoms with Crippen molar-refractivity contribution in [3.05, 3.63) is 29.8 Å². The molecule has 102 valence electrons. The fraction of sp³-hybridized carbons (Fsp3) is 0.429. The van der Waals surface area contributed by atoms with E-state index in [0.717, 1.165) is 6.42 Å². The van der Waals surface area contributed by atoms with E-state index in [0.29, 0.717) is 17.9 Å². The number of carbonyl (C=O) groups excluding carboxylic acids is 1. The highest BCUT2D eigenvalue weighted by atomic mass is 16.6. The molecule has 0 bridgehead atoms. The van der Waals surface area contributed by atoms with Crippen molar-refractivity contribution >= 4 is 11.9 Å². The number of aliphatic carboxylic acids is 1. The molecular formula is C14H16O5. The van der Waals surface area contributed by atoms with E-state index in [2.05, 4.69) is 0 Å². The van der Waals surface area contributed by atoms with Crippen LogP contribution in [0.5, 0.6) is 5.75 Å². The number of carbonyl (C=O) groups is 2. The van der Waals surface area contributed by atoms with E-state index in [9.17, 15) is 9.59 Å². The molecule has 0 aromatic heterocycles. The van der Waals surface area contributed by atoms with E-state index in [1.165, 1.54) is 0 Å². The molecule has 2 rings (SSSR count). The molecule has 1 aromatic rings. The number of carboxylic acid groups (broad SMARTS) is 1. The average molecular weight is 264 g/mol. The van der Waals surface area contributed by atoms with Crippen molar-refractivity contribution in [1.82, 2.24) is 0 Å². The Morgan fingerprint density at radius 1 is 1.53 bits per heavy atom. The van der Waals surface area contributed by atoms with Gasteiger partial charge in [-0.25, -0.2) is 0 Å². The Morgan fingerprint density at radius 3 is 3.00 bits per heavy atom. The lowest BCUT2D eigenvalue weighted by Gasteiger charge is -2.15. The van der Waals surface area contributed by atoms with Gasteiger partial charge in [0.05, 0.1) is 13.0 Å². The highest BCUT2D eigenvalue weighted by molar-refractivity contribution is 5.82. The standard InChI is InChI=1S/C14H16O5/c1-2-6-18-10-5-3-4-9(7-10)13-11(14(16)17)8-12(15)19-13/h3-5,7,11,13H,2,6,8H2,1H3,(H,16,17)/t11-,13+/m1/s1. The maximum Gasteiger partial charge on any atom is 0.311 e. The predicted octanol–water partition coefficient (Wildman–Crippen LogP) is 2.16. The summed E-state index contributed by atoms with van der Waals surface area (Å²) in [4.78, 5) is 22.4. The fourth-order valence-corrected chi connectivity index (χ4v) is 2.08. The van der Waals surface area contributed by atoms with Crippen molar-refractivity contribution in [3.8, 4) is 5.75 Å². The number of esters is 1. The summed E-state index contributed by atoms with van der Waals surface area (Å²) >= 11 is 0. The van der Waals surface area contributed by atoms with E-state index < -0.39 is 24.0 Å². The molecule has 1 saturated heterocycles. The summed E-state index contributed by atoms with van der Waals surface area (Å²) < 4.78 is 10.6. The smallest absolute Gasteiger partial charge is 0.311 e. The quantitative estimate of drug-likeness (QED) is 0.825. The van der Waals surface area contributed by atoms with Crippen LogP contribution >= 0.6 is 0 Å². The molecule has 0 radical (unpaired) electrons. The first-order valence-corrected chi connectivity index (χ1v) is 6.27. The van der Waals surface area contributed by atoms with Gasteiger partial charge >= 0.3 is 11.9 Å². The van der Waals surface area contributed by atoms with Gasteiger partial charge in [0.2, 0.25) is 0 Å². The van der Waals surface area contributed by atoms with Crippen LogP contribution < -0.4 is 4.74 Å². The van der Waals surface area contributed by atoms with Gasteiger partial charge in [-0.3, -0.25) is 9.59 Å². The molecular weight excluding hydrogens is 248 g/mol. The molecule has 1 aromatic carbocycles. The largest absolute Gasteiger partial charge is 0.494 e. The van der Waals surface area contributed by atoms with Gasteiger partial charge in [0.15, 0.2) is 0 Å². The van der Waals surface area contributed by atoms with Crippen LogP contribution in [0.3, 0.4) is 0 Å². The van der Waals surface area contributed by atoms with Gasteiger partial charge in [0.1, 0.15) is 17.8 Å². The molecule has 5 nitrogen and oxygen atoms in total. The second kappa shape index (κ2) is 5.73. The molecule has 0 amide bonds. The van der Waals surface area contributed by atoms with Crippen molar-refractivity contribution in [3.63, 3.8) is 0 Å². The first-order valence-electron chi connectivity index (χ1n) is 6.27. The second-order valence-electron chi connectivity index (χ2n) is 4.48. The lowest BCUT2D eigenvalue weighted by atomic mass is 9.95. The Labute approximate surface area is 111 Å². The van der Waals surface area contributed by atoms with E-state index in [4.69, 9.17) is 14.6 Å². The normalized spacial score (nSPS) is 22.1. The topological polar surface area (TPSA) is 72.8 Å². The average Bonchev–Trinajstić information content (AvgIpc) is 2.79. The fourth-order valence-electron chi connectivity index (χ4n) is 2.08. The second-order valence-corrected chi connectivity index (χ2v) is 4.48. The Hall–Kier alpha value is -2.04. The third kappa shape index (κ3) is 3.05. The van der Waals surface area contributed by atoms with Gasteiger partial charge in [0, 0.05) is 0 Å². The van der Waals surface area contributed by atoms with E-state index in [-0.39, 0.29) is 6.42 Å². The monoisotopic (exact) mass is 264 g/mol. The maximum absolute atomic E-state index is 11.3. The summed E-state index contributed by atoms with van der Waals surface area (Å²) in [5.41, 5.74) is 0.659. The van der Waals surface area contributed by atoms with Crippen LogP contribution in [0.2, 0.25) is 0 Å². The summed E-state index contributed by atoms with van der Waals surface area (Å²) in [5.74, 6) is -1.66. The van der Waals surface area contributed by atoms with E-state index in [1.807, 2.05) is 6.92 Å². The number of hydrogen-bond donors (Lipinski definition) is 1. The number of carboxylic acids is 1. The van der Waals surface area contributed by atoms with E-state index >= 15 is 0 Å². The van der Waals surface area contributed by atoms with Crippen LogP contribution in [0.15, 0.2) is 24.3 Å². The van der Waals surface area contributed by atoms with Gasteiger partial charge in [-0.1, -0.05) is 19.1 Å². The zero-order valence-electron chi connectivity index (χ0n) is 10.7. The molecule has 1 heterocycles. The van der Waals surface area contributed by atoms with Gasteiger partial charge in [0.25, 0.3) is 0 Å². The van der Waals surface area contributed by atoms with Crippen LogP contribution in [0, 0.1) is 5.92 Å². The van der Waals surface area contributed by atoms with E-state index in [1.54, 1.807) is 24.3 Å². The van der Waals surface area contributed by atoms with Gasteiger partial charge in [-0.05, 0) is 24.1 Å². The zero-order valence-corrected chi connectivity index (χ0v) is 10.7. The number of ether oxygens (including phenoxy) is 2. The van der Waals surface area contributed by atoms with Crippen molar-refractivity contribution in [2.75, 3.05) is 6.61 Å². The molecule has 0 saturated carbocycles. The van der Waals surface area contributed by atoms with Crippen molar-refractivity contribution in [2.24, 2.45) is 5.92 Å². The number of hydrogen-bond acceptors (Lipinski definition) is 4. The van der Waals surface area contributed by atoms with Crippen molar-refractivity contribution in [2.45, 2.75) is 25.9 Å². The minimum Gasteiger partial charge on any atom is -0.494 e. The number of rotatable bonds is 5. The molecule has 0 unspecified atom stereocenters. The minimum absolute atomic E-state index is 0.0833. The SMILES string of the molecule is CCCOc1cccc([C@@H]2OC(=O)C[C@H]2C(=O)O)c1. The Kier molecular flexibility index (Phi) is 4.04. The predicted molar refractivity (Wildman–Crippen MR) is 66.8 cm³/mol. The minimum atomic E-state index is -1.02. The number of cyclic esters (lactones) is 1. The zero-order chi connectivity index (χ0) is 13.8. The van der Waals surface area contributed by atoms with Crippen molar-refractivity contribution in [1.29, 1.82) is 0 Å². The Balaban J connectivity index is 2.20. The molecule has 1 fully saturated rings. The lowest BCUT2D eigenvalue weighted by Crippen LogP contribution is -2.17. The highest BCUT2D eigenvalue weighted by Crippen LogP contribution is 2.36. The first-order chi connectivity index (χ1) is 9.11. The summed E-state index contributed by atoms with van der Waals surface area (Å²) in [6.07, 6.45) is 0.0793. The molecule has 1 aliphatic heterocycles. The van der Waals surface area contributed by atoms with Gasteiger partial charge < -0.3 is 14.6 Å². The first kappa shape index (κ1) is 13.4. The molecule has 5 heteroatoms. The molecule has 0 aliphatic carbocycles. The maximum atomic E-state index is 11.3. The van der Waals surface area contributed by atoms with Crippen molar-refractivity contribution < 1.29 is 24.2 Å². The van der Waals surface area contributed by atoms with Crippen LogP contribution in [0.25, 0.3) is 0 Å². The third-order valence-corrected chi connectivity index (χ3v) is 2.99. The Morgan fingerprint density at radius 2 is 2.32 bits per heavy atom. The van der Waals surface area contributed by atoms with Crippen LogP contribution in [0.1, 0.15) is 31.4 Å². The molecule has 1 aliphatic rings. The summed E-state index contributed by atoms with van der Waals surface area (Å²) in [6, 6.07) is 7.05. The van der Waals surface area contributed by atoms with Crippen LogP contribution in [-0.4, -0.2) is 23.7 Å². The molecule has 0 spiro atoms. The molecule has 2 atom stereocenters. The lowest BCUT2D eigenvalue weighted by molar-refractivity contribution is -0.144. The third-order valence-electron chi connectivity index (χ3n) is 2.99. The molecule has 1 N–H and O–H groups in total. The number of benzene rings is 1. The van der Waals surface area contributed by atoms with Gasteiger partial charge in [-0.15, -0.1) is 0 Å². The molecule has 19 heavy (non-hydrogen) atoms. The Bertz CT molecular complexity index is 482. The summed E-state index contributed by atoms with van der Waals surface area (Å²) in [6.45, 7) is 2.60. The van der Waals surface area contributed by atoms with Crippen LogP contribution in [0.4, 0.5) is 0 Å². The highest BCUT2D eigenvalue weighted by Gasteiger charge is 2.40. The van der Waals surface area contributed by atoms with Gasteiger partial charge in [-0.2, -0.15) is 0 Å². The van der Waals surface area contributed by atoms with Crippen LogP contribution in [-0.2, 0) is 14.3 Å².